The molecule has 2 nitrogen and oxygen atoms in total. The highest BCUT2D eigenvalue weighted by molar-refractivity contribution is 5.36. The maximum absolute atomic E-state index is 14.0. The van der Waals surface area contributed by atoms with Gasteiger partial charge in [-0.25, -0.2) is 4.39 Å². The van der Waals surface area contributed by atoms with Crippen LogP contribution in [0.3, 0.4) is 0 Å². The average Bonchev–Trinajstić information content (AvgIpc) is 2.50. The van der Waals surface area contributed by atoms with Crippen LogP contribution in [0.25, 0.3) is 0 Å². The smallest absolute Gasteiger partial charge is 0.165 e. The van der Waals surface area contributed by atoms with Gasteiger partial charge < -0.3 is 10.5 Å². The van der Waals surface area contributed by atoms with E-state index in [-0.39, 0.29) is 11.6 Å². The molecule has 0 bridgehead atoms. The molecular formula is C18H22FNO. The number of ether oxygens (including phenoxy) is 1. The van der Waals surface area contributed by atoms with Crippen molar-refractivity contribution in [3.63, 3.8) is 0 Å². The van der Waals surface area contributed by atoms with E-state index in [1.807, 2.05) is 30.3 Å². The second kappa shape index (κ2) is 7.23. The standard InChI is InChI=1S/C18H22FNO/c1-3-13(2)15-5-7-16(8-6-15)21-18-9-4-14(10-11-20)12-17(18)19/h4-9,12-13H,3,10-11,20H2,1-2H3. The van der Waals surface area contributed by atoms with Crippen LogP contribution >= 0.6 is 0 Å². The van der Waals surface area contributed by atoms with Crippen LogP contribution in [0.15, 0.2) is 42.5 Å². The predicted molar refractivity (Wildman–Crippen MR) is 84.4 cm³/mol. The molecule has 1 atom stereocenters. The van der Waals surface area contributed by atoms with Crippen molar-refractivity contribution in [2.75, 3.05) is 6.54 Å². The van der Waals surface area contributed by atoms with Crippen LogP contribution in [-0.2, 0) is 6.42 Å². The molecule has 112 valence electrons. The van der Waals surface area contributed by atoms with E-state index < -0.39 is 0 Å². The van der Waals surface area contributed by atoms with Gasteiger partial charge in [-0.05, 0) is 60.7 Å². The van der Waals surface area contributed by atoms with E-state index in [2.05, 4.69) is 13.8 Å². The third-order valence-corrected chi connectivity index (χ3v) is 3.72. The molecule has 3 heteroatoms. The fraction of sp³-hybridized carbons (Fsp3) is 0.333. The van der Waals surface area contributed by atoms with E-state index in [9.17, 15) is 4.39 Å². The first-order valence-corrected chi connectivity index (χ1v) is 7.40. The van der Waals surface area contributed by atoms with Gasteiger partial charge in [0.25, 0.3) is 0 Å². The molecule has 2 rings (SSSR count). The molecule has 2 N–H and O–H groups in total. The van der Waals surface area contributed by atoms with E-state index >= 15 is 0 Å². The summed E-state index contributed by atoms with van der Waals surface area (Å²) < 4.78 is 19.6. The van der Waals surface area contributed by atoms with Crippen LogP contribution < -0.4 is 10.5 Å². The molecule has 0 amide bonds. The minimum atomic E-state index is -0.355. The summed E-state index contributed by atoms with van der Waals surface area (Å²) in [7, 11) is 0. The molecule has 0 aliphatic heterocycles. The highest BCUT2D eigenvalue weighted by Crippen LogP contribution is 2.27. The summed E-state index contributed by atoms with van der Waals surface area (Å²) in [6.07, 6.45) is 1.76. The molecule has 0 radical (unpaired) electrons. The van der Waals surface area contributed by atoms with E-state index in [0.717, 1.165) is 12.0 Å². The lowest BCUT2D eigenvalue weighted by Gasteiger charge is -2.11. The predicted octanol–water partition coefficient (Wildman–Crippen LogP) is 4.63. The summed E-state index contributed by atoms with van der Waals surface area (Å²) in [5.74, 6) is 1.05. The third-order valence-electron chi connectivity index (χ3n) is 3.72. The minimum Gasteiger partial charge on any atom is -0.454 e. The first-order valence-electron chi connectivity index (χ1n) is 7.40. The Hall–Kier alpha value is -1.87. The summed E-state index contributed by atoms with van der Waals surface area (Å²) in [5, 5.41) is 0. The zero-order valence-electron chi connectivity index (χ0n) is 12.6. The molecule has 0 fully saturated rings. The topological polar surface area (TPSA) is 35.2 Å². The highest BCUT2D eigenvalue weighted by atomic mass is 19.1. The number of benzene rings is 2. The van der Waals surface area contributed by atoms with Crippen LogP contribution in [0.2, 0.25) is 0 Å². The van der Waals surface area contributed by atoms with E-state index in [4.69, 9.17) is 10.5 Å². The Kier molecular flexibility index (Phi) is 5.34. The fourth-order valence-electron chi connectivity index (χ4n) is 2.18. The van der Waals surface area contributed by atoms with Crippen molar-refractivity contribution in [3.8, 4) is 11.5 Å². The fourth-order valence-corrected chi connectivity index (χ4v) is 2.18. The van der Waals surface area contributed by atoms with Crippen molar-refractivity contribution in [2.24, 2.45) is 5.73 Å². The summed E-state index contributed by atoms with van der Waals surface area (Å²) >= 11 is 0. The largest absolute Gasteiger partial charge is 0.454 e. The van der Waals surface area contributed by atoms with Crippen LogP contribution in [0.5, 0.6) is 11.5 Å². The second-order valence-electron chi connectivity index (χ2n) is 5.28. The molecule has 0 aliphatic carbocycles. The molecule has 2 aromatic carbocycles. The van der Waals surface area contributed by atoms with Gasteiger partial charge in [0.1, 0.15) is 5.75 Å². The monoisotopic (exact) mass is 287 g/mol. The van der Waals surface area contributed by atoms with Gasteiger partial charge in [-0.1, -0.05) is 32.0 Å². The number of hydrogen-bond acceptors (Lipinski definition) is 2. The maximum atomic E-state index is 14.0. The quantitative estimate of drug-likeness (QED) is 0.840. The highest BCUT2D eigenvalue weighted by Gasteiger charge is 2.07. The number of hydrogen-bond donors (Lipinski definition) is 1. The Morgan fingerprint density at radius 3 is 2.43 bits per heavy atom. The lowest BCUT2D eigenvalue weighted by atomic mass is 9.99. The van der Waals surface area contributed by atoms with Crippen molar-refractivity contribution >= 4 is 0 Å². The van der Waals surface area contributed by atoms with E-state index in [0.29, 0.717) is 24.6 Å². The van der Waals surface area contributed by atoms with Gasteiger partial charge in [0.2, 0.25) is 0 Å². The Bertz CT molecular complexity index is 580. The third kappa shape index (κ3) is 4.05. The van der Waals surface area contributed by atoms with Crippen molar-refractivity contribution in [1.82, 2.24) is 0 Å². The number of rotatable bonds is 6. The number of nitrogens with two attached hydrogens (primary N) is 1. The molecule has 21 heavy (non-hydrogen) atoms. The molecule has 0 aromatic heterocycles. The Morgan fingerprint density at radius 2 is 1.86 bits per heavy atom. The first-order chi connectivity index (χ1) is 10.1. The van der Waals surface area contributed by atoms with E-state index in [1.54, 1.807) is 6.07 Å². The van der Waals surface area contributed by atoms with Gasteiger partial charge in [-0.2, -0.15) is 0 Å². The zero-order chi connectivity index (χ0) is 15.2. The van der Waals surface area contributed by atoms with Gasteiger partial charge in [0.05, 0.1) is 0 Å². The zero-order valence-corrected chi connectivity index (χ0v) is 12.6. The van der Waals surface area contributed by atoms with Crippen LogP contribution in [0.1, 0.15) is 37.3 Å². The van der Waals surface area contributed by atoms with Gasteiger partial charge in [0, 0.05) is 0 Å². The van der Waals surface area contributed by atoms with Gasteiger partial charge in [0.15, 0.2) is 11.6 Å². The summed E-state index contributed by atoms with van der Waals surface area (Å²) in [4.78, 5) is 0. The van der Waals surface area contributed by atoms with Crippen LogP contribution in [0.4, 0.5) is 4.39 Å². The minimum absolute atomic E-state index is 0.243. The molecule has 0 aliphatic rings. The van der Waals surface area contributed by atoms with Gasteiger partial charge >= 0.3 is 0 Å². The molecular weight excluding hydrogens is 265 g/mol. The lowest BCUT2D eigenvalue weighted by molar-refractivity contribution is 0.441. The normalized spacial score (nSPS) is 12.2. The average molecular weight is 287 g/mol. The van der Waals surface area contributed by atoms with Crippen LogP contribution in [0, 0.1) is 5.82 Å². The summed E-state index contributed by atoms with van der Waals surface area (Å²) in [6, 6.07) is 12.8. The van der Waals surface area contributed by atoms with Crippen molar-refractivity contribution in [1.29, 1.82) is 0 Å². The molecule has 0 saturated heterocycles. The van der Waals surface area contributed by atoms with Crippen molar-refractivity contribution < 1.29 is 9.13 Å². The Labute approximate surface area is 125 Å². The SMILES string of the molecule is CCC(C)c1ccc(Oc2ccc(CCN)cc2F)cc1. The number of halogens is 1. The summed E-state index contributed by atoms with van der Waals surface area (Å²) in [6.45, 7) is 4.86. The molecule has 0 saturated carbocycles. The molecule has 0 heterocycles. The van der Waals surface area contributed by atoms with Crippen molar-refractivity contribution in [2.45, 2.75) is 32.6 Å². The molecule has 2 aromatic rings. The maximum Gasteiger partial charge on any atom is 0.165 e. The molecule has 1 unspecified atom stereocenters. The van der Waals surface area contributed by atoms with Gasteiger partial charge in [-0.15, -0.1) is 0 Å². The summed E-state index contributed by atoms with van der Waals surface area (Å²) in [5.41, 5.74) is 7.62. The molecule has 0 spiro atoms. The van der Waals surface area contributed by atoms with Crippen molar-refractivity contribution in [3.05, 3.63) is 59.4 Å². The van der Waals surface area contributed by atoms with Crippen LogP contribution in [-0.4, -0.2) is 6.54 Å². The lowest BCUT2D eigenvalue weighted by Crippen LogP contribution is -2.03. The second-order valence-corrected chi connectivity index (χ2v) is 5.28. The Balaban J connectivity index is 2.11. The first kappa shape index (κ1) is 15.5. The van der Waals surface area contributed by atoms with E-state index in [1.165, 1.54) is 11.6 Å². The Morgan fingerprint density at radius 1 is 1.14 bits per heavy atom. The van der Waals surface area contributed by atoms with Gasteiger partial charge in [-0.3, -0.25) is 0 Å².